The summed E-state index contributed by atoms with van der Waals surface area (Å²) in [6.45, 7) is 2.42. The van der Waals surface area contributed by atoms with Crippen molar-refractivity contribution in [2.75, 3.05) is 17.2 Å². The van der Waals surface area contributed by atoms with E-state index in [-0.39, 0.29) is 11.8 Å². The first-order chi connectivity index (χ1) is 11.1. The summed E-state index contributed by atoms with van der Waals surface area (Å²) in [6.07, 6.45) is 1.33. The number of hydrogen-bond acceptors (Lipinski definition) is 4. The van der Waals surface area contributed by atoms with E-state index in [0.29, 0.717) is 37.2 Å². The fourth-order valence-electron chi connectivity index (χ4n) is 2.11. The SMILES string of the molecule is Cc1ccc(NC(=O)Cc2cccs2)c(NC(=O)CCCN)c1. The van der Waals surface area contributed by atoms with Crippen molar-refractivity contribution in [2.24, 2.45) is 5.73 Å². The lowest BCUT2D eigenvalue weighted by atomic mass is 10.1. The van der Waals surface area contributed by atoms with Gasteiger partial charge in [-0.25, -0.2) is 0 Å². The van der Waals surface area contributed by atoms with Gasteiger partial charge in [0.15, 0.2) is 0 Å². The number of benzene rings is 1. The van der Waals surface area contributed by atoms with Crippen LogP contribution >= 0.6 is 11.3 Å². The fraction of sp³-hybridized carbons (Fsp3) is 0.294. The van der Waals surface area contributed by atoms with Crippen LogP contribution in [0.5, 0.6) is 0 Å². The molecule has 1 aromatic carbocycles. The number of thiophene rings is 1. The summed E-state index contributed by atoms with van der Waals surface area (Å²) in [5.41, 5.74) is 7.65. The van der Waals surface area contributed by atoms with Crippen molar-refractivity contribution >= 4 is 34.5 Å². The van der Waals surface area contributed by atoms with Crippen molar-refractivity contribution in [2.45, 2.75) is 26.2 Å². The zero-order valence-electron chi connectivity index (χ0n) is 13.1. The van der Waals surface area contributed by atoms with E-state index < -0.39 is 0 Å². The lowest BCUT2D eigenvalue weighted by molar-refractivity contribution is -0.117. The van der Waals surface area contributed by atoms with Gasteiger partial charge in [-0.05, 0) is 49.0 Å². The predicted octanol–water partition coefficient (Wildman–Crippen LogP) is 2.92. The first kappa shape index (κ1) is 17.2. The lowest BCUT2D eigenvalue weighted by Gasteiger charge is -2.13. The van der Waals surface area contributed by atoms with Crippen LogP contribution in [-0.4, -0.2) is 18.4 Å². The summed E-state index contributed by atoms with van der Waals surface area (Å²) in [6, 6.07) is 9.40. The first-order valence-corrected chi connectivity index (χ1v) is 8.39. The minimum absolute atomic E-state index is 0.102. The number of amides is 2. The van der Waals surface area contributed by atoms with Gasteiger partial charge < -0.3 is 16.4 Å². The van der Waals surface area contributed by atoms with Crippen molar-refractivity contribution in [3.8, 4) is 0 Å². The third kappa shape index (κ3) is 5.50. The molecule has 2 aromatic rings. The first-order valence-electron chi connectivity index (χ1n) is 7.51. The number of aryl methyl sites for hydroxylation is 1. The smallest absolute Gasteiger partial charge is 0.229 e. The van der Waals surface area contributed by atoms with Gasteiger partial charge in [-0.2, -0.15) is 0 Å². The van der Waals surface area contributed by atoms with Crippen molar-refractivity contribution in [1.82, 2.24) is 0 Å². The van der Waals surface area contributed by atoms with Crippen LogP contribution in [0.2, 0.25) is 0 Å². The maximum Gasteiger partial charge on any atom is 0.229 e. The molecular formula is C17H21N3O2S. The third-order valence-electron chi connectivity index (χ3n) is 3.25. The van der Waals surface area contributed by atoms with E-state index >= 15 is 0 Å². The highest BCUT2D eigenvalue weighted by Crippen LogP contribution is 2.24. The van der Waals surface area contributed by atoms with Crippen LogP contribution in [-0.2, 0) is 16.0 Å². The van der Waals surface area contributed by atoms with E-state index in [0.717, 1.165) is 10.4 Å². The highest BCUT2D eigenvalue weighted by molar-refractivity contribution is 7.10. The topological polar surface area (TPSA) is 84.2 Å². The summed E-state index contributed by atoms with van der Waals surface area (Å²) >= 11 is 1.55. The van der Waals surface area contributed by atoms with Crippen molar-refractivity contribution in [3.63, 3.8) is 0 Å². The van der Waals surface area contributed by atoms with E-state index in [2.05, 4.69) is 10.6 Å². The van der Waals surface area contributed by atoms with Crippen molar-refractivity contribution in [3.05, 3.63) is 46.2 Å². The molecule has 0 radical (unpaired) electrons. The Hall–Kier alpha value is -2.18. The van der Waals surface area contributed by atoms with Crippen LogP contribution in [0.4, 0.5) is 11.4 Å². The molecule has 0 fully saturated rings. The molecule has 2 amide bonds. The predicted molar refractivity (Wildman–Crippen MR) is 94.7 cm³/mol. The number of rotatable bonds is 7. The third-order valence-corrected chi connectivity index (χ3v) is 4.12. The summed E-state index contributed by atoms with van der Waals surface area (Å²) in [5, 5.41) is 7.65. The average Bonchev–Trinajstić information content (AvgIpc) is 3.00. The number of carbonyl (C=O) groups is 2. The largest absolute Gasteiger partial charge is 0.330 e. The molecule has 0 atom stereocenters. The molecule has 0 bridgehead atoms. The van der Waals surface area contributed by atoms with Gasteiger partial charge in [0.2, 0.25) is 11.8 Å². The Bertz CT molecular complexity index is 668. The van der Waals surface area contributed by atoms with Gasteiger partial charge in [-0.1, -0.05) is 12.1 Å². The lowest BCUT2D eigenvalue weighted by Crippen LogP contribution is -2.18. The maximum absolute atomic E-state index is 12.1. The van der Waals surface area contributed by atoms with Crippen LogP contribution in [0, 0.1) is 6.92 Å². The summed E-state index contributed by atoms with van der Waals surface area (Å²) in [7, 11) is 0. The Morgan fingerprint density at radius 3 is 2.61 bits per heavy atom. The minimum atomic E-state index is -0.103. The molecule has 0 aliphatic carbocycles. The average molecular weight is 331 g/mol. The highest BCUT2D eigenvalue weighted by atomic mass is 32.1. The van der Waals surface area contributed by atoms with E-state index in [9.17, 15) is 9.59 Å². The Labute approximate surface area is 139 Å². The Balaban J connectivity index is 2.05. The Morgan fingerprint density at radius 1 is 1.13 bits per heavy atom. The maximum atomic E-state index is 12.1. The molecule has 23 heavy (non-hydrogen) atoms. The standard InChI is InChI=1S/C17H21N3O2S/c1-12-6-7-14(15(10-12)20-16(21)5-2-8-18)19-17(22)11-13-4-3-9-23-13/h3-4,6-7,9-10H,2,5,8,11,18H2,1H3,(H,19,22)(H,20,21). The van der Waals surface area contributed by atoms with Crippen molar-refractivity contribution < 1.29 is 9.59 Å². The summed E-state index contributed by atoms with van der Waals surface area (Å²) in [5.74, 6) is -0.205. The Kier molecular flexibility index (Phi) is 6.31. The number of hydrogen-bond donors (Lipinski definition) is 3. The number of nitrogens with one attached hydrogen (secondary N) is 2. The molecule has 0 saturated carbocycles. The molecule has 0 spiro atoms. The van der Waals surface area contributed by atoms with Gasteiger partial charge in [-0.3, -0.25) is 9.59 Å². The second-order valence-electron chi connectivity index (χ2n) is 5.29. The van der Waals surface area contributed by atoms with E-state index in [1.165, 1.54) is 0 Å². The van der Waals surface area contributed by atoms with Gasteiger partial charge in [0, 0.05) is 11.3 Å². The highest BCUT2D eigenvalue weighted by Gasteiger charge is 2.11. The molecule has 1 aromatic heterocycles. The van der Waals surface area contributed by atoms with Crippen LogP contribution in [0.3, 0.4) is 0 Å². The molecule has 0 saturated heterocycles. The second kappa shape index (κ2) is 8.45. The van der Waals surface area contributed by atoms with E-state index in [1.54, 1.807) is 17.4 Å². The molecule has 0 aliphatic heterocycles. The minimum Gasteiger partial charge on any atom is -0.330 e. The van der Waals surface area contributed by atoms with Crippen LogP contribution in [0.25, 0.3) is 0 Å². The Morgan fingerprint density at radius 2 is 1.91 bits per heavy atom. The van der Waals surface area contributed by atoms with Gasteiger partial charge in [0.05, 0.1) is 17.8 Å². The molecule has 4 N–H and O–H groups in total. The van der Waals surface area contributed by atoms with Crippen LogP contribution in [0.1, 0.15) is 23.3 Å². The molecular weight excluding hydrogens is 310 g/mol. The van der Waals surface area contributed by atoms with Gasteiger partial charge >= 0.3 is 0 Å². The number of carbonyl (C=O) groups excluding carboxylic acids is 2. The normalized spacial score (nSPS) is 10.3. The molecule has 6 heteroatoms. The number of anilines is 2. The molecule has 2 rings (SSSR count). The van der Waals surface area contributed by atoms with Gasteiger partial charge in [-0.15, -0.1) is 11.3 Å². The van der Waals surface area contributed by atoms with Crippen LogP contribution in [0.15, 0.2) is 35.7 Å². The molecule has 5 nitrogen and oxygen atoms in total. The molecule has 0 aliphatic rings. The van der Waals surface area contributed by atoms with E-state index in [1.807, 2.05) is 36.6 Å². The second-order valence-corrected chi connectivity index (χ2v) is 6.33. The summed E-state index contributed by atoms with van der Waals surface area (Å²) < 4.78 is 0. The quantitative estimate of drug-likeness (QED) is 0.729. The monoisotopic (exact) mass is 331 g/mol. The van der Waals surface area contributed by atoms with E-state index in [4.69, 9.17) is 5.73 Å². The zero-order valence-corrected chi connectivity index (χ0v) is 13.9. The van der Waals surface area contributed by atoms with Gasteiger partial charge in [0.1, 0.15) is 0 Å². The molecule has 0 unspecified atom stereocenters. The number of nitrogens with two attached hydrogens (primary N) is 1. The molecule has 1 heterocycles. The van der Waals surface area contributed by atoms with Gasteiger partial charge in [0.25, 0.3) is 0 Å². The van der Waals surface area contributed by atoms with Crippen LogP contribution < -0.4 is 16.4 Å². The molecule has 122 valence electrons. The van der Waals surface area contributed by atoms with Crippen molar-refractivity contribution in [1.29, 1.82) is 0 Å². The summed E-state index contributed by atoms with van der Waals surface area (Å²) in [4.78, 5) is 25.0. The zero-order chi connectivity index (χ0) is 16.7. The fourth-order valence-corrected chi connectivity index (χ4v) is 2.82.